The second-order valence-electron chi connectivity index (χ2n) is 14.5. The average molecular weight is 727 g/mol. The summed E-state index contributed by atoms with van der Waals surface area (Å²) in [5.41, 5.74) is 13.2. The summed E-state index contributed by atoms with van der Waals surface area (Å²) >= 11 is 0. The zero-order valence-corrected chi connectivity index (χ0v) is 30.9. The zero-order chi connectivity index (χ0) is 37.7. The van der Waals surface area contributed by atoms with Crippen LogP contribution in [0, 0.1) is 0 Å². The highest BCUT2D eigenvalue weighted by Gasteiger charge is 2.17. The minimum atomic E-state index is 0.676. The molecular weight excluding hydrogens is 693 g/mol. The molecule has 11 rings (SSSR count). The number of nitrogens with zero attached hydrogens (tertiary/aromatic N) is 4. The van der Waals surface area contributed by atoms with Gasteiger partial charge in [0.15, 0.2) is 5.82 Å². The second kappa shape index (κ2) is 13.6. The first-order valence-electron chi connectivity index (χ1n) is 19.3. The fourth-order valence-corrected chi connectivity index (χ4v) is 8.13. The molecule has 0 N–H and O–H groups in total. The van der Waals surface area contributed by atoms with E-state index in [-0.39, 0.29) is 0 Å². The number of pyridine rings is 1. The maximum absolute atomic E-state index is 5.30. The van der Waals surface area contributed by atoms with Crippen LogP contribution in [-0.4, -0.2) is 19.5 Å². The van der Waals surface area contributed by atoms with Crippen molar-refractivity contribution in [3.63, 3.8) is 0 Å². The minimum absolute atomic E-state index is 0.676. The van der Waals surface area contributed by atoms with Crippen LogP contribution in [0.3, 0.4) is 0 Å². The molecule has 3 aromatic heterocycles. The molecule has 4 heteroatoms. The Morgan fingerprint density at radius 1 is 0.298 bits per heavy atom. The molecule has 0 amide bonds. The van der Waals surface area contributed by atoms with Gasteiger partial charge in [-0.3, -0.25) is 0 Å². The molecule has 0 saturated carbocycles. The van der Waals surface area contributed by atoms with E-state index in [1.54, 1.807) is 0 Å². The van der Waals surface area contributed by atoms with Gasteiger partial charge in [0, 0.05) is 44.1 Å². The predicted molar refractivity (Wildman–Crippen MR) is 236 cm³/mol. The monoisotopic (exact) mass is 726 g/mol. The van der Waals surface area contributed by atoms with Crippen molar-refractivity contribution in [2.45, 2.75) is 0 Å². The van der Waals surface area contributed by atoms with E-state index in [9.17, 15) is 0 Å². The molecule has 0 bridgehead atoms. The predicted octanol–water partition coefficient (Wildman–Crippen LogP) is 13.6. The van der Waals surface area contributed by atoms with Crippen LogP contribution >= 0.6 is 0 Å². The zero-order valence-electron chi connectivity index (χ0n) is 30.9. The molecule has 4 nitrogen and oxygen atoms in total. The van der Waals surface area contributed by atoms with Gasteiger partial charge in [-0.25, -0.2) is 15.0 Å². The van der Waals surface area contributed by atoms with Crippen molar-refractivity contribution in [1.82, 2.24) is 19.5 Å². The van der Waals surface area contributed by atoms with E-state index in [1.807, 2.05) is 24.3 Å². The Morgan fingerprint density at radius 2 is 0.825 bits per heavy atom. The number of benzene rings is 8. The smallest absolute Gasteiger partial charge is 0.160 e. The van der Waals surface area contributed by atoms with E-state index in [2.05, 4.69) is 187 Å². The lowest BCUT2D eigenvalue weighted by molar-refractivity contribution is 1.16. The molecule has 0 aliphatic rings. The quantitative estimate of drug-likeness (QED) is 0.160. The van der Waals surface area contributed by atoms with Crippen LogP contribution in [0.15, 0.2) is 206 Å². The van der Waals surface area contributed by atoms with Gasteiger partial charge in [-0.15, -0.1) is 0 Å². The van der Waals surface area contributed by atoms with Crippen molar-refractivity contribution in [2.75, 3.05) is 0 Å². The highest BCUT2D eigenvalue weighted by atomic mass is 15.0. The molecule has 0 radical (unpaired) electrons. The minimum Gasteiger partial charge on any atom is -0.309 e. The number of hydrogen-bond donors (Lipinski definition) is 0. The average Bonchev–Trinajstić information content (AvgIpc) is 3.63. The molecule has 0 spiro atoms. The highest BCUT2D eigenvalue weighted by molar-refractivity contribution is 6.09. The molecule has 0 atom stereocenters. The van der Waals surface area contributed by atoms with Crippen molar-refractivity contribution >= 4 is 43.5 Å². The molecule has 8 aromatic carbocycles. The van der Waals surface area contributed by atoms with E-state index in [4.69, 9.17) is 15.0 Å². The van der Waals surface area contributed by atoms with Gasteiger partial charge in [-0.05, 0) is 76.5 Å². The maximum Gasteiger partial charge on any atom is 0.160 e. The Hall–Kier alpha value is -7.69. The number of hydrogen-bond acceptors (Lipinski definition) is 3. The standard InChI is InChI=1S/C53H34N4/c1-3-13-35(14-4-1)36-23-25-37(26-24-36)49-34-50(56-53(55-49)38-15-5-2-6-16-38)43-30-42(47-28-27-41-29-39-17-7-8-18-40(39)33-48(41)54-47)31-44(32-43)57-51-21-11-9-19-45(51)46-20-10-12-22-52(46)57/h1-34H. The first kappa shape index (κ1) is 32.7. The summed E-state index contributed by atoms with van der Waals surface area (Å²) in [6.45, 7) is 0. The highest BCUT2D eigenvalue weighted by Crippen LogP contribution is 2.37. The van der Waals surface area contributed by atoms with Gasteiger partial charge in [-0.1, -0.05) is 152 Å². The van der Waals surface area contributed by atoms with Crippen LogP contribution in [0.1, 0.15) is 0 Å². The lowest BCUT2D eigenvalue weighted by Gasteiger charge is -2.15. The fraction of sp³-hybridized carbons (Fsp3) is 0. The Morgan fingerprint density at radius 3 is 1.51 bits per heavy atom. The molecule has 0 unspecified atom stereocenters. The summed E-state index contributed by atoms with van der Waals surface area (Å²) in [7, 11) is 0. The van der Waals surface area contributed by atoms with Crippen LogP contribution in [0.4, 0.5) is 0 Å². The molecule has 0 aliphatic carbocycles. The lowest BCUT2D eigenvalue weighted by Crippen LogP contribution is -1.99. The van der Waals surface area contributed by atoms with Crippen molar-refractivity contribution in [1.29, 1.82) is 0 Å². The Bertz CT molecular complexity index is 3220. The van der Waals surface area contributed by atoms with Gasteiger partial charge >= 0.3 is 0 Å². The molecular formula is C53H34N4. The largest absolute Gasteiger partial charge is 0.309 e. The summed E-state index contributed by atoms with van der Waals surface area (Å²) in [6, 6.07) is 72.7. The third-order valence-corrected chi connectivity index (χ3v) is 11.0. The first-order chi connectivity index (χ1) is 28.2. The first-order valence-corrected chi connectivity index (χ1v) is 19.3. The van der Waals surface area contributed by atoms with Gasteiger partial charge in [-0.2, -0.15) is 0 Å². The lowest BCUT2D eigenvalue weighted by atomic mass is 9.99. The SMILES string of the molecule is c1ccc(-c2ccc(-c3cc(-c4cc(-c5ccc6cc7ccccc7cc6n5)cc(-n5c6ccccc6c6ccccc65)c4)nc(-c4ccccc4)n3)cc2)cc1. The van der Waals surface area contributed by atoms with Gasteiger partial charge in [0.25, 0.3) is 0 Å². The Labute approximate surface area is 330 Å². The van der Waals surface area contributed by atoms with Gasteiger partial charge < -0.3 is 4.57 Å². The van der Waals surface area contributed by atoms with Crippen molar-refractivity contribution in [3.8, 4) is 62.0 Å². The summed E-state index contributed by atoms with van der Waals surface area (Å²) in [5.74, 6) is 0.676. The maximum atomic E-state index is 5.30. The van der Waals surface area contributed by atoms with Gasteiger partial charge in [0.1, 0.15) is 0 Å². The van der Waals surface area contributed by atoms with Crippen molar-refractivity contribution in [3.05, 3.63) is 206 Å². The van der Waals surface area contributed by atoms with Gasteiger partial charge in [0.05, 0.1) is 33.6 Å². The van der Waals surface area contributed by atoms with Crippen molar-refractivity contribution in [2.24, 2.45) is 0 Å². The molecule has 0 saturated heterocycles. The summed E-state index contributed by atoms with van der Waals surface area (Å²) in [5, 5.41) is 5.92. The third-order valence-electron chi connectivity index (χ3n) is 11.0. The van der Waals surface area contributed by atoms with Crippen LogP contribution in [0.25, 0.3) is 105 Å². The fourth-order valence-electron chi connectivity index (χ4n) is 8.13. The Balaban J connectivity index is 1.14. The third kappa shape index (κ3) is 5.92. The molecule has 11 aromatic rings. The summed E-state index contributed by atoms with van der Waals surface area (Å²) < 4.78 is 2.37. The topological polar surface area (TPSA) is 43.6 Å². The van der Waals surface area contributed by atoms with Crippen LogP contribution < -0.4 is 0 Å². The van der Waals surface area contributed by atoms with E-state index >= 15 is 0 Å². The molecule has 3 heterocycles. The molecule has 266 valence electrons. The normalized spacial score (nSPS) is 11.5. The molecule has 57 heavy (non-hydrogen) atoms. The summed E-state index contributed by atoms with van der Waals surface area (Å²) in [6.07, 6.45) is 0. The molecule has 0 aliphatic heterocycles. The van der Waals surface area contributed by atoms with E-state index in [0.717, 1.165) is 72.5 Å². The van der Waals surface area contributed by atoms with Gasteiger partial charge in [0.2, 0.25) is 0 Å². The number of fused-ring (bicyclic) bond motifs is 5. The van der Waals surface area contributed by atoms with E-state index in [0.29, 0.717) is 5.82 Å². The number of para-hydroxylation sites is 2. The van der Waals surface area contributed by atoms with Crippen molar-refractivity contribution < 1.29 is 0 Å². The van der Waals surface area contributed by atoms with Crippen LogP contribution in [0.5, 0.6) is 0 Å². The number of aromatic nitrogens is 4. The summed E-state index contributed by atoms with van der Waals surface area (Å²) in [4.78, 5) is 15.8. The van der Waals surface area contributed by atoms with E-state index in [1.165, 1.54) is 27.1 Å². The van der Waals surface area contributed by atoms with Crippen LogP contribution in [-0.2, 0) is 0 Å². The second-order valence-corrected chi connectivity index (χ2v) is 14.5. The number of rotatable bonds is 6. The Kier molecular flexibility index (Phi) is 7.78. The van der Waals surface area contributed by atoms with Crippen LogP contribution in [0.2, 0.25) is 0 Å². The van der Waals surface area contributed by atoms with E-state index < -0.39 is 0 Å². The molecule has 0 fully saturated rings.